The Morgan fingerprint density at radius 2 is 1.88 bits per heavy atom. The van der Waals surface area contributed by atoms with E-state index < -0.39 is 14.0 Å². The Kier molecular flexibility index (Phi) is 7.90. The van der Waals surface area contributed by atoms with Gasteiger partial charge in [-0.25, -0.2) is 0 Å². The third kappa shape index (κ3) is 5.24. The molecule has 0 aliphatic heterocycles. The molecule has 4 nitrogen and oxygen atoms in total. The smallest absolute Gasteiger partial charge is 0.234 e. The van der Waals surface area contributed by atoms with Crippen molar-refractivity contribution in [1.82, 2.24) is 4.90 Å². The minimum atomic E-state index is -2.18. The van der Waals surface area contributed by atoms with Crippen LogP contribution in [0.15, 0.2) is 0 Å². The predicted octanol–water partition coefficient (Wildman–Crippen LogP) is 1.96. The van der Waals surface area contributed by atoms with Crippen molar-refractivity contribution in [2.75, 3.05) is 13.1 Å². The molecule has 0 aliphatic carbocycles. The molecule has 0 aromatic rings. The van der Waals surface area contributed by atoms with E-state index in [-0.39, 0.29) is 5.91 Å². The van der Waals surface area contributed by atoms with Gasteiger partial charge in [-0.05, 0) is 25.7 Å². The Hall–Kier alpha value is -0.180. The highest BCUT2D eigenvalue weighted by molar-refractivity contribution is 7.47. The van der Waals surface area contributed by atoms with Crippen molar-refractivity contribution in [3.63, 3.8) is 0 Å². The molecule has 5 heteroatoms. The van der Waals surface area contributed by atoms with E-state index in [4.69, 9.17) is 0 Å². The summed E-state index contributed by atoms with van der Waals surface area (Å²) in [5, 5.41) is 0. The molecule has 2 N–H and O–H groups in total. The molecule has 0 spiro atoms. The first-order valence-electron chi connectivity index (χ1n) is 5.89. The molecular weight excluding hydrogens is 225 g/mol. The fourth-order valence-corrected chi connectivity index (χ4v) is 2.62. The number of carbonyl (C=O) groups excluding carboxylic acids is 1. The number of amides is 1. The van der Waals surface area contributed by atoms with Crippen molar-refractivity contribution in [1.29, 1.82) is 0 Å². The molecule has 0 saturated heterocycles. The van der Waals surface area contributed by atoms with Gasteiger partial charge in [0, 0.05) is 13.1 Å². The normalized spacial score (nSPS) is 13.2. The van der Waals surface area contributed by atoms with E-state index in [2.05, 4.69) is 0 Å². The lowest BCUT2D eigenvalue weighted by atomic mass is 10.1. The number of nitrogens with zero attached hydrogens (tertiary/aromatic N) is 1. The highest BCUT2D eigenvalue weighted by Crippen LogP contribution is 2.36. The fraction of sp³-hybridized carbons (Fsp3) is 0.909. The molecular formula is C11H24NO3P. The van der Waals surface area contributed by atoms with Gasteiger partial charge in [-0.2, -0.15) is 0 Å². The summed E-state index contributed by atoms with van der Waals surface area (Å²) < 4.78 is 0. The van der Waals surface area contributed by atoms with Crippen molar-refractivity contribution in [2.45, 2.75) is 46.2 Å². The zero-order chi connectivity index (χ0) is 12.7. The third-order valence-corrected chi connectivity index (χ3v) is 3.43. The van der Waals surface area contributed by atoms with E-state index >= 15 is 0 Å². The van der Waals surface area contributed by atoms with E-state index in [0.29, 0.717) is 25.4 Å². The minimum absolute atomic E-state index is 0.117. The van der Waals surface area contributed by atoms with Crippen LogP contribution in [0.5, 0.6) is 0 Å². The SMILES string of the molecule is CCCN(CC)C(=O)C(CC(C)C)P(O)O. The second-order valence-corrected chi connectivity index (χ2v) is 5.65. The highest BCUT2D eigenvalue weighted by atomic mass is 31.2. The first-order chi connectivity index (χ1) is 7.43. The van der Waals surface area contributed by atoms with Crippen molar-refractivity contribution >= 4 is 14.3 Å². The number of rotatable bonds is 7. The van der Waals surface area contributed by atoms with E-state index in [1.165, 1.54) is 0 Å². The van der Waals surface area contributed by atoms with Gasteiger partial charge in [-0.15, -0.1) is 0 Å². The maximum atomic E-state index is 12.1. The Bertz CT molecular complexity index is 209. The second-order valence-electron chi connectivity index (χ2n) is 4.38. The summed E-state index contributed by atoms with van der Waals surface area (Å²) in [7, 11) is -2.18. The summed E-state index contributed by atoms with van der Waals surface area (Å²) >= 11 is 0. The molecule has 0 aromatic heterocycles. The Balaban J connectivity index is 4.57. The van der Waals surface area contributed by atoms with Crippen molar-refractivity contribution in [3.8, 4) is 0 Å². The zero-order valence-electron chi connectivity index (χ0n) is 10.7. The van der Waals surface area contributed by atoms with Gasteiger partial charge < -0.3 is 14.7 Å². The summed E-state index contributed by atoms with van der Waals surface area (Å²) in [4.78, 5) is 32.4. The molecule has 1 amide bonds. The topological polar surface area (TPSA) is 60.8 Å². The molecule has 1 unspecified atom stereocenters. The number of hydrogen-bond acceptors (Lipinski definition) is 3. The van der Waals surface area contributed by atoms with E-state index in [9.17, 15) is 14.6 Å². The van der Waals surface area contributed by atoms with Gasteiger partial charge in [-0.3, -0.25) is 4.79 Å². The quantitative estimate of drug-likeness (QED) is 0.678. The fourth-order valence-electron chi connectivity index (χ4n) is 1.65. The van der Waals surface area contributed by atoms with Crippen molar-refractivity contribution in [3.05, 3.63) is 0 Å². The van der Waals surface area contributed by atoms with Crippen LogP contribution in [0.3, 0.4) is 0 Å². The van der Waals surface area contributed by atoms with E-state index in [1.807, 2.05) is 27.7 Å². The molecule has 0 heterocycles. The Morgan fingerprint density at radius 1 is 1.31 bits per heavy atom. The van der Waals surface area contributed by atoms with Crippen LogP contribution in [0.1, 0.15) is 40.5 Å². The molecule has 0 aliphatic rings. The van der Waals surface area contributed by atoms with E-state index in [0.717, 1.165) is 6.42 Å². The summed E-state index contributed by atoms with van der Waals surface area (Å²) in [5.41, 5.74) is -0.624. The Morgan fingerprint density at radius 3 is 2.19 bits per heavy atom. The lowest BCUT2D eigenvalue weighted by Crippen LogP contribution is -2.39. The zero-order valence-corrected chi connectivity index (χ0v) is 11.6. The maximum Gasteiger partial charge on any atom is 0.234 e. The predicted molar refractivity (Wildman–Crippen MR) is 67.1 cm³/mol. The van der Waals surface area contributed by atoms with Crippen LogP contribution in [0.2, 0.25) is 0 Å². The molecule has 0 aromatic carbocycles. The van der Waals surface area contributed by atoms with Crippen LogP contribution in [0.25, 0.3) is 0 Å². The van der Waals surface area contributed by atoms with Gasteiger partial charge in [0.1, 0.15) is 5.66 Å². The molecule has 16 heavy (non-hydrogen) atoms. The van der Waals surface area contributed by atoms with Crippen molar-refractivity contribution < 1.29 is 14.6 Å². The summed E-state index contributed by atoms with van der Waals surface area (Å²) in [6.07, 6.45) is 1.43. The first kappa shape index (κ1) is 15.8. The molecule has 1 atom stereocenters. The average molecular weight is 249 g/mol. The minimum Gasteiger partial charge on any atom is -0.349 e. The number of carbonyl (C=O) groups is 1. The standard InChI is InChI=1S/C11H24NO3P/c1-5-7-12(6-2)11(13)10(16(14)15)8-9(3)4/h9-10,14-15H,5-8H2,1-4H3. The lowest BCUT2D eigenvalue weighted by molar-refractivity contribution is -0.131. The lowest BCUT2D eigenvalue weighted by Gasteiger charge is -2.27. The maximum absolute atomic E-state index is 12.1. The van der Waals surface area contributed by atoms with Gasteiger partial charge in [0.05, 0.1) is 0 Å². The van der Waals surface area contributed by atoms with Gasteiger partial charge >= 0.3 is 0 Å². The van der Waals surface area contributed by atoms with Crippen LogP contribution in [-0.4, -0.2) is 39.3 Å². The summed E-state index contributed by atoms with van der Waals surface area (Å²) in [6, 6.07) is 0. The van der Waals surface area contributed by atoms with Gasteiger partial charge in [-0.1, -0.05) is 20.8 Å². The second kappa shape index (κ2) is 7.99. The van der Waals surface area contributed by atoms with Crippen LogP contribution in [0.4, 0.5) is 0 Å². The monoisotopic (exact) mass is 249 g/mol. The molecule has 0 fully saturated rings. The summed E-state index contributed by atoms with van der Waals surface area (Å²) in [6.45, 7) is 9.20. The highest BCUT2D eigenvalue weighted by Gasteiger charge is 2.30. The average Bonchev–Trinajstić information content (AvgIpc) is 2.21. The largest absolute Gasteiger partial charge is 0.349 e. The van der Waals surface area contributed by atoms with Gasteiger partial charge in [0.2, 0.25) is 5.91 Å². The van der Waals surface area contributed by atoms with Crippen LogP contribution >= 0.6 is 8.38 Å². The molecule has 96 valence electrons. The molecule has 0 saturated carbocycles. The van der Waals surface area contributed by atoms with Gasteiger partial charge in [0.15, 0.2) is 8.38 Å². The molecule has 0 radical (unpaired) electrons. The van der Waals surface area contributed by atoms with Crippen LogP contribution in [0, 0.1) is 5.92 Å². The number of hydrogen-bond donors (Lipinski definition) is 2. The van der Waals surface area contributed by atoms with Crippen molar-refractivity contribution in [2.24, 2.45) is 5.92 Å². The molecule has 0 bridgehead atoms. The summed E-state index contributed by atoms with van der Waals surface area (Å²) in [5.74, 6) is 0.174. The molecule has 0 rings (SSSR count). The third-order valence-electron chi connectivity index (χ3n) is 2.45. The van der Waals surface area contributed by atoms with E-state index in [1.54, 1.807) is 4.90 Å². The first-order valence-corrected chi connectivity index (χ1v) is 7.21. The Labute approximate surface area is 99.6 Å². The van der Waals surface area contributed by atoms with Crippen LogP contribution < -0.4 is 0 Å². The van der Waals surface area contributed by atoms with Gasteiger partial charge in [0.25, 0.3) is 0 Å². The van der Waals surface area contributed by atoms with Crippen LogP contribution in [-0.2, 0) is 4.79 Å².